The van der Waals surface area contributed by atoms with Gasteiger partial charge in [0.1, 0.15) is 0 Å². The van der Waals surface area contributed by atoms with Crippen molar-refractivity contribution in [2.45, 2.75) is 34.6 Å². The van der Waals surface area contributed by atoms with Gasteiger partial charge in [0.15, 0.2) is 0 Å². The molecule has 2 unspecified atom stereocenters. The van der Waals surface area contributed by atoms with Gasteiger partial charge in [-0.15, -0.1) is 0 Å². The van der Waals surface area contributed by atoms with Crippen LogP contribution in [0.4, 0.5) is 0 Å². The van der Waals surface area contributed by atoms with Crippen molar-refractivity contribution >= 4 is 514 Å². The first-order chi connectivity index (χ1) is 26.2. The second kappa shape index (κ2) is 59.4. The minimum absolute atomic E-state index is 0. The van der Waals surface area contributed by atoms with Gasteiger partial charge in [-0.25, -0.2) is 0 Å². The van der Waals surface area contributed by atoms with Gasteiger partial charge in [0.2, 0.25) is 0 Å². The first-order valence-electron chi connectivity index (χ1n) is 11.5. The summed E-state index contributed by atoms with van der Waals surface area (Å²) in [6.07, 6.45) is 0.591. The van der Waals surface area contributed by atoms with Crippen LogP contribution >= 0.6 is 514 Å². The Morgan fingerprint density at radius 3 is 1.00 bits per heavy atom. The minimum atomic E-state index is -0.533. The topological polar surface area (TPSA) is 51.5 Å². The molecule has 58 heavy (non-hydrogen) atoms. The summed E-state index contributed by atoms with van der Waals surface area (Å²) in [5.74, 6) is 1.59. The zero-order valence-corrected chi connectivity index (χ0v) is 111. The Bertz CT molecular complexity index is 1070. The summed E-state index contributed by atoms with van der Waals surface area (Å²) < 4.78 is 14.9. The Balaban J connectivity index is -0.000000628. The predicted octanol–water partition coefficient (Wildman–Crippen LogP) is 34.3. The van der Waals surface area contributed by atoms with Crippen molar-refractivity contribution in [2.75, 3.05) is 34.0 Å². The Morgan fingerprint density at radius 1 is 0.517 bits per heavy atom. The van der Waals surface area contributed by atoms with Crippen molar-refractivity contribution < 1.29 is 27.5 Å². The van der Waals surface area contributed by atoms with Gasteiger partial charge in [0, 0.05) is 33.2 Å². The van der Waals surface area contributed by atoms with Gasteiger partial charge in [-0.1, -0.05) is 27.9 Å². The molecule has 43 heteroatoms. The van der Waals surface area contributed by atoms with Crippen LogP contribution in [0.2, 0.25) is 0 Å². The van der Waals surface area contributed by atoms with Gasteiger partial charge in [0.05, 0.1) is 25.0 Å². The van der Waals surface area contributed by atoms with E-state index >= 15 is 0 Å². The van der Waals surface area contributed by atoms with Crippen molar-refractivity contribution in [3.63, 3.8) is 0 Å². The normalized spacial score (nSPS) is 16.4. The first kappa shape index (κ1) is 91.8. The van der Waals surface area contributed by atoms with Crippen molar-refractivity contribution in [2.24, 2.45) is 11.8 Å². The molecule has 0 aromatic heterocycles. The van der Waals surface area contributed by atoms with Crippen LogP contribution in [0.3, 0.4) is 0 Å². The van der Waals surface area contributed by atoms with Crippen LogP contribution in [-0.4, -0.2) is 34.0 Å². The van der Waals surface area contributed by atoms with Gasteiger partial charge >= 0.3 is 528 Å². The molecule has 0 rings (SSSR count). The van der Waals surface area contributed by atoms with E-state index in [-0.39, 0.29) is 15.3 Å². The fraction of sp³-hybridized carbons (Fsp3) is 0.800. The van der Waals surface area contributed by atoms with Crippen molar-refractivity contribution in [1.82, 2.24) is 0 Å². The standard InChI is InChI=1S/C8H16O2.C6H11NO.CH4.I39/c1-7(2)10-6-8(3)5-9-4;1-6(3-4-7)5-8-2;;1-21-23(4)25(6)27(8)29(10)31(12)33(14)35(16)37(18)39(20)38(19)36(17)34(15)32(13)30(11)28(9)26(7)24(5)22(2)3/h8H,1,5-6H2,2-4H3;6H,3,5H2,1-2H3;1H4;/q;;;-1. The summed E-state index contributed by atoms with van der Waals surface area (Å²) in [6.45, 7) is 11.7. The monoisotopic (exact) mass is 5220 g/mol. The van der Waals surface area contributed by atoms with Crippen molar-refractivity contribution in [1.29, 1.82) is 5.26 Å². The molecule has 0 bridgehead atoms. The molecule has 0 aliphatic rings. The van der Waals surface area contributed by atoms with Crippen LogP contribution in [0.25, 0.3) is 0 Å². The molecule has 0 radical (unpaired) electrons. The molecule has 0 aliphatic heterocycles. The Labute approximate surface area is 614 Å². The second-order valence-corrected chi connectivity index (χ2v) is 901. The average molecular weight is 5220 g/mol. The van der Waals surface area contributed by atoms with Gasteiger partial charge < -0.3 is 14.2 Å². The van der Waals surface area contributed by atoms with E-state index in [1.807, 2.05) is 13.8 Å². The maximum absolute atomic E-state index is 8.16. The number of ether oxygens (including phenoxy) is 3. The van der Waals surface area contributed by atoms with Gasteiger partial charge in [-0.05, 0) is 12.8 Å². The molecule has 388 valence electrons. The summed E-state index contributed by atoms with van der Waals surface area (Å²) in [5, 5.41) is 8.16. The third-order valence-corrected chi connectivity index (χ3v) is 2890. The zero-order chi connectivity index (χ0) is 45.5. The number of nitriles is 1. The van der Waals surface area contributed by atoms with E-state index in [2.05, 4.69) is 392 Å². The zero-order valence-electron chi connectivity index (χ0n) is 27.1. The van der Waals surface area contributed by atoms with Crippen LogP contribution in [-0.2, 0) is 14.2 Å². The predicted molar refractivity (Wildman–Crippen MR) is 613 cm³/mol. The third-order valence-electron chi connectivity index (χ3n) is 3.38. The van der Waals surface area contributed by atoms with Gasteiger partial charge in [-0.2, -0.15) is 5.26 Å². The number of allylic oxidation sites excluding steroid dienone is 1. The Kier molecular flexibility index (Phi) is 94.1. The second-order valence-electron chi connectivity index (χ2n) is 7.47. The number of methoxy groups -OCH3 is 2. The van der Waals surface area contributed by atoms with Crippen LogP contribution in [0.1, 0.15) is 34.6 Å². The number of nitrogens with zero attached hydrogens (tertiary/aromatic N) is 1. The number of rotatable bonds is 26. The van der Waals surface area contributed by atoms with E-state index in [4.69, 9.17) is 19.5 Å². The fourth-order valence-corrected chi connectivity index (χ4v) is 6920. The summed E-state index contributed by atoms with van der Waals surface area (Å²) in [6, 6.07) is 2.07. The Morgan fingerprint density at radius 2 is 0.776 bits per heavy atom. The van der Waals surface area contributed by atoms with Crippen LogP contribution in [0.15, 0.2) is 12.3 Å². The number of halogens is 39. The van der Waals surface area contributed by atoms with E-state index in [1.165, 1.54) is 0 Å². The molecule has 2 atom stereocenters. The third kappa shape index (κ3) is 45.6. The fourth-order valence-electron chi connectivity index (χ4n) is 1.63. The molecule has 0 saturated heterocycles. The summed E-state index contributed by atoms with van der Waals surface area (Å²) in [4.78, 5) is 0. The van der Waals surface area contributed by atoms with E-state index in [0.29, 0.717) is 44.7 Å². The van der Waals surface area contributed by atoms with Crippen molar-refractivity contribution in [3.8, 4) is 6.07 Å². The molecular formula is C15H31I39NO3-. The molecule has 0 aromatic rings. The summed E-state index contributed by atoms with van der Waals surface area (Å²) in [7, 11) is -5.48. The number of hydrogen-bond donors (Lipinski definition) is 0. The molecule has 0 amide bonds. The van der Waals surface area contributed by atoms with Gasteiger partial charge in [-0.3, -0.25) is 0 Å². The molecule has 4 nitrogen and oxygen atoms in total. The molecule has 0 N–H and O–H groups in total. The number of hydrogen-bond acceptors (Lipinski definition) is 4. The van der Waals surface area contributed by atoms with Crippen LogP contribution in [0, 0.1) is 23.2 Å². The molecule has 0 aromatic carbocycles. The van der Waals surface area contributed by atoms with E-state index in [9.17, 15) is 0 Å². The average Bonchev–Trinajstić information content (AvgIpc) is 3.18. The van der Waals surface area contributed by atoms with E-state index in [0.717, 1.165) is 12.4 Å². The first-order valence-corrected chi connectivity index (χ1v) is 250. The summed E-state index contributed by atoms with van der Waals surface area (Å²) >= 11 is 65.0. The Hall–Kier alpha value is 27.4. The van der Waals surface area contributed by atoms with E-state index in [1.54, 1.807) is 14.2 Å². The van der Waals surface area contributed by atoms with Crippen LogP contribution in [0.5, 0.6) is 0 Å². The maximum atomic E-state index is 8.16. The SMILES string of the molecule is C.C=C(C)OCC(C)COC.COCC(C)CC#N.I[I-]I(I)I(I)I(I)I(I)I(I)I(I)I(I)I(I)I(I)I(I)I(I)I(I)I(I)I(I)I(I)I(I)I(I)I(I)I. The molecule has 0 fully saturated rings. The van der Waals surface area contributed by atoms with Crippen molar-refractivity contribution in [3.05, 3.63) is 12.3 Å². The molecule has 0 aliphatic carbocycles. The van der Waals surface area contributed by atoms with Crippen LogP contribution < -0.4 is 13.3 Å². The molecule has 0 saturated carbocycles. The molecule has 0 heterocycles. The van der Waals surface area contributed by atoms with E-state index < -0.39 is 134 Å². The van der Waals surface area contributed by atoms with Gasteiger partial charge in [0.25, 0.3) is 0 Å². The summed E-state index contributed by atoms with van der Waals surface area (Å²) in [5.41, 5.74) is 0. The molecular weight excluding hydrogens is 5190 g/mol. The molecule has 0 spiro atoms. The quantitative estimate of drug-likeness (QED) is 0.0640.